The first-order valence-electron chi connectivity index (χ1n) is 17.4. The SMILES string of the molecule is CC1(C)CCC(Cn2cc(-c3ccc(N4CCc5cccc(C(=O)Nc6nc7ccccc7s6)c5C4)nc3C(=O)O)cn2)=C(c2ccc(Cl)cc2)C1. The number of allylic oxidation sites excluding steroid dienone is 2. The lowest BCUT2D eigenvalue weighted by Gasteiger charge is -2.33. The summed E-state index contributed by atoms with van der Waals surface area (Å²) in [6.07, 6.45) is 7.32. The van der Waals surface area contributed by atoms with E-state index in [1.165, 1.54) is 28.0 Å². The summed E-state index contributed by atoms with van der Waals surface area (Å²) in [5.74, 6) is -0.791. The smallest absolute Gasteiger partial charge is 0.355 e. The molecule has 1 amide bonds. The Labute approximate surface area is 310 Å². The van der Waals surface area contributed by atoms with Crippen molar-refractivity contribution in [3.63, 3.8) is 0 Å². The quantitative estimate of drug-likeness (QED) is 0.161. The van der Waals surface area contributed by atoms with E-state index in [1.807, 2.05) is 82.5 Å². The van der Waals surface area contributed by atoms with Gasteiger partial charge in [-0.2, -0.15) is 5.10 Å². The molecule has 3 aromatic heterocycles. The minimum absolute atomic E-state index is 0.0369. The van der Waals surface area contributed by atoms with Crippen LogP contribution in [0, 0.1) is 5.41 Å². The van der Waals surface area contributed by atoms with Gasteiger partial charge in [-0.05, 0) is 101 Å². The molecule has 11 heteroatoms. The van der Waals surface area contributed by atoms with Gasteiger partial charge < -0.3 is 10.0 Å². The van der Waals surface area contributed by atoms with E-state index in [0.717, 1.165) is 40.6 Å². The lowest BCUT2D eigenvalue weighted by molar-refractivity contribution is 0.0691. The summed E-state index contributed by atoms with van der Waals surface area (Å²) in [7, 11) is 0. The number of benzene rings is 3. The molecular formula is C41H37ClN6O3S. The number of carboxylic acid groups (broad SMARTS) is 1. The van der Waals surface area contributed by atoms with Crippen molar-refractivity contribution in [1.29, 1.82) is 0 Å². The largest absolute Gasteiger partial charge is 0.476 e. The summed E-state index contributed by atoms with van der Waals surface area (Å²) < 4.78 is 2.89. The van der Waals surface area contributed by atoms with Crippen LogP contribution >= 0.6 is 22.9 Å². The summed E-state index contributed by atoms with van der Waals surface area (Å²) >= 11 is 7.64. The first-order valence-corrected chi connectivity index (χ1v) is 18.6. The van der Waals surface area contributed by atoms with Crippen LogP contribution < -0.4 is 10.2 Å². The fraction of sp³-hybridized carbons (Fsp3) is 0.244. The Morgan fingerprint density at radius 2 is 1.79 bits per heavy atom. The van der Waals surface area contributed by atoms with Crippen LogP contribution in [0.1, 0.15) is 70.6 Å². The van der Waals surface area contributed by atoms with Gasteiger partial charge in [0.15, 0.2) is 10.8 Å². The Morgan fingerprint density at radius 3 is 2.60 bits per heavy atom. The molecule has 0 atom stereocenters. The summed E-state index contributed by atoms with van der Waals surface area (Å²) in [6, 6.07) is 25.3. The molecule has 6 aromatic rings. The van der Waals surface area contributed by atoms with Crippen LogP contribution in [0.4, 0.5) is 10.9 Å². The van der Waals surface area contributed by atoms with Crippen molar-refractivity contribution >= 4 is 61.6 Å². The van der Waals surface area contributed by atoms with E-state index in [4.69, 9.17) is 11.6 Å². The lowest BCUT2D eigenvalue weighted by Crippen LogP contribution is -2.33. The van der Waals surface area contributed by atoms with Crippen molar-refractivity contribution in [2.45, 2.75) is 52.6 Å². The molecule has 2 N–H and O–H groups in total. The maximum absolute atomic E-state index is 13.5. The molecule has 0 saturated carbocycles. The fourth-order valence-corrected chi connectivity index (χ4v) is 8.34. The summed E-state index contributed by atoms with van der Waals surface area (Å²) in [5, 5.41) is 19.2. The zero-order valence-electron chi connectivity index (χ0n) is 28.9. The van der Waals surface area contributed by atoms with Gasteiger partial charge in [0.1, 0.15) is 5.82 Å². The topological polar surface area (TPSA) is 113 Å². The van der Waals surface area contributed by atoms with Crippen LogP contribution in [-0.4, -0.2) is 43.3 Å². The van der Waals surface area contributed by atoms with Crippen LogP contribution in [0.15, 0.2) is 96.8 Å². The molecule has 1 aliphatic heterocycles. The molecule has 52 heavy (non-hydrogen) atoms. The minimum atomic E-state index is -1.11. The molecule has 8 rings (SSSR count). The molecule has 0 saturated heterocycles. The number of anilines is 2. The van der Waals surface area contributed by atoms with Gasteiger partial charge in [0, 0.05) is 41.0 Å². The number of hydrogen-bond acceptors (Lipinski definition) is 7. The van der Waals surface area contributed by atoms with Gasteiger partial charge in [0.25, 0.3) is 5.91 Å². The van der Waals surface area contributed by atoms with Gasteiger partial charge in [0.2, 0.25) is 0 Å². The number of amides is 1. The number of aromatic nitrogens is 4. The predicted octanol–water partition coefficient (Wildman–Crippen LogP) is 9.39. The highest BCUT2D eigenvalue weighted by atomic mass is 35.5. The molecule has 0 bridgehead atoms. The van der Waals surface area contributed by atoms with E-state index in [2.05, 4.69) is 46.4 Å². The number of carbonyl (C=O) groups is 2. The number of rotatable bonds is 8. The standard InChI is InChI=1S/C41H37ClN6O3S/c1-41(2)18-16-27(32(20-41)26-10-12-29(42)13-11-26)22-48-23-28(21-43-48)30-14-15-36(45-37(30)39(50)51)47-19-17-25-6-5-7-31(33(25)24-47)38(49)46-40-44-34-8-3-4-9-35(34)52-40/h3-15,21,23H,16-20,22,24H2,1-2H3,(H,50,51)(H,44,46,49). The minimum Gasteiger partial charge on any atom is -0.476 e. The number of hydrogen-bond donors (Lipinski definition) is 2. The van der Waals surface area contributed by atoms with Crippen molar-refractivity contribution in [2.24, 2.45) is 5.41 Å². The third-order valence-electron chi connectivity index (χ3n) is 10.1. The Balaban J connectivity index is 1.03. The van der Waals surface area contributed by atoms with Gasteiger partial charge in [-0.15, -0.1) is 0 Å². The summed E-state index contributed by atoms with van der Waals surface area (Å²) in [6.45, 7) is 6.29. The second kappa shape index (κ2) is 13.7. The fourth-order valence-electron chi connectivity index (χ4n) is 7.35. The number of carboxylic acids is 1. The normalized spacial score (nSPS) is 15.5. The molecule has 1 aliphatic carbocycles. The van der Waals surface area contributed by atoms with Crippen LogP contribution in [0.25, 0.3) is 26.9 Å². The maximum Gasteiger partial charge on any atom is 0.355 e. The molecule has 0 fully saturated rings. The third-order valence-corrected chi connectivity index (χ3v) is 11.3. The summed E-state index contributed by atoms with van der Waals surface area (Å²) in [4.78, 5) is 37.4. The van der Waals surface area contributed by atoms with Crippen molar-refractivity contribution in [1.82, 2.24) is 19.7 Å². The van der Waals surface area contributed by atoms with Crippen molar-refractivity contribution < 1.29 is 14.7 Å². The van der Waals surface area contributed by atoms with E-state index in [9.17, 15) is 14.7 Å². The number of para-hydroxylation sites is 1. The van der Waals surface area contributed by atoms with Gasteiger partial charge >= 0.3 is 5.97 Å². The first-order chi connectivity index (χ1) is 25.1. The number of pyridine rings is 1. The zero-order chi connectivity index (χ0) is 36.0. The molecule has 9 nitrogen and oxygen atoms in total. The van der Waals surface area contributed by atoms with Crippen LogP contribution in [0.5, 0.6) is 0 Å². The van der Waals surface area contributed by atoms with Crippen LogP contribution in [0.2, 0.25) is 5.02 Å². The molecule has 0 spiro atoms. The van der Waals surface area contributed by atoms with Crippen molar-refractivity contribution in [2.75, 3.05) is 16.8 Å². The monoisotopic (exact) mass is 728 g/mol. The highest BCUT2D eigenvalue weighted by Crippen LogP contribution is 2.43. The maximum atomic E-state index is 13.5. The molecule has 4 heterocycles. The second-order valence-corrected chi connectivity index (χ2v) is 15.8. The zero-order valence-corrected chi connectivity index (χ0v) is 30.5. The first kappa shape index (κ1) is 33.8. The Hall–Kier alpha value is -5.32. The number of halogens is 1. The predicted molar refractivity (Wildman–Crippen MR) is 207 cm³/mol. The average molecular weight is 729 g/mol. The molecule has 0 unspecified atom stereocenters. The number of nitrogens with one attached hydrogen (secondary N) is 1. The van der Waals surface area contributed by atoms with E-state index in [1.54, 1.807) is 6.20 Å². The van der Waals surface area contributed by atoms with Crippen LogP contribution in [0.3, 0.4) is 0 Å². The molecule has 0 radical (unpaired) electrons. The van der Waals surface area contributed by atoms with Crippen molar-refractivity contribution in [3.8, 4) is 11.1 Å². The van der Waals surface area contributed by atoms with Gasteiger partial charge in [-0.3, -0.25) is 14.8 Å². The van der Waals surface area contributed by atoms with Crippen molar-refractivity contribution in [3.05, 3.63) is 130 Å². The molecule has 3 aromatic carbocycles. The Kier molecular flexibility index (Phi) is 8.89. The van der Waals surface area contributed by atoms with Gasteiger partial charge in [-0.25, -0.2) is 14.8 Å². The molecule has 2 aliphatic rings. The Morgan fingerprint density at radius 1 is 0.962 bits per heavy atom. The van der Waals surface area contributed by atoms with E-state index < -0.39 is 5.97 Å². The van der Waals surface area contributed by atoms with Gasteiger partial charge in [0.05, 0.1) is 23.0 Å². The molecular weight excluding hydrogens is 692 g/mol. The second-order valence-electron chi connectivity index (χ2n) is 14.3. The average Bonchev–Trinajstić information content (AvgIpc) is 3.78. The Bertz CT molecular complexity index is 2340. The van der Waals surface area contributed by atoms with E-state index in [-0.39, 0.29) is 17.0 Å². The number of thiazole rings is 1. The number of nitrogens with zero attached hydrogens (tertiary/aromatic N) is 5. The highest BCUT2D eigenvalue weighted by Gasteiger charge is 2.29. The lowest BCUT2D eigenvalue weighted by atomic mass is 9.72. The third kappa shape index (κ3) is 6.83. The molecule has 262 valence electrons. The summed E-state index contributed by atoms with van der Waals surface area (Å²) in [5.41, 5.74) is 8.57. The van der Waals surface area contributed by atoms with Gasteiger partial charge in [-0.1, -0.05) is 73.2 Å². The van der Waals surface area contributed by atoms with E-state index in [0.29, 0.717) is 58.7 Å². The number of carbonyl (C=O) groups excluding carboxylic acids is 1. The van der Waals surface area contributed by atoms with E-state index >= 15 is 0 Å². The number of aromatic carboxylic acids is 1. The van der Waals surface area contributed by atoms with Crippen LogP contribution in [-0.2, 0) is 19.5 Å². The highest BCUT2D eigenvalue weighted by molar-refractivity contribution is 7.22. The number of fused-ring (bicyclic) bond motifs is 2.